The van der Waals surface area contributed by atoms with Crippen LogP contribution in [0, 0.1) is 50.2 Å². The fourth-order valence-corrected chi connectivity index (χ4v) is 13.1. The van der Waals surface area contributed by atoms with Crippen molar-refractivity contribution in [3.63, 3.8) is 0 Å². The molecule has 1 N–H and O–H groups in total. The minimum absolute atomic E-state index is 0.0168. The molecule has 12 heteroatoms. The van der Waals surface area contributed by atoms with E-state index in [0.29, 0.717) is 36.9 Å². The van der Waals surface area contributed by atoms with Gasteiger partial charge in [-0.1, -0.05) is 60.1 Å². The Morgan fingerprint density at radius 1 is 0.750 bits per heavy atom. The molecular weight excluding hydrogens is 718 g/mol. The number of hydrogen-bond donors (Lipinski definition) is 1. The molecule has 5 aliphatic carbocycles. The maximum absolute atomic E-state index is 15.2. The largest absolute Gasteiger partial charge is 0.463 e. The van der Waals surface area contributed by atoms with Gasteiger partial charge in [-0.15, -0.1) is 0 Å². The summed E-state index contributed by atoms with van der Waals surface area (Å²) in [5, 5.41) is 3.12. The normalized spacial score (nSPS) is 42.2. The number of rotatable bonds is 7. The first kappa shape index (κ1) is 42.3. The molecule has 0 bridgehead atoms. The molecule has 1 unspecified atom stereocenters. The number of ether oxygens (including phenoxy) is 5. The van der Waals surface area contributed by atoms with Gasteiger partial charge in [0.05, 0.1) is 5.41 Å². The highest BCUT2D eigenvalue weighted by Gasteiger charge is 2.69. The second kappa shape index (κ2) is 14.5. The number of fused-ring (bicyclic) bond motifs is 7. The molecule has 0 aromatic rings. The minimum Gasteiger partial charge on any atom is -0.463 e. The maximum atomic E-state index is 15.2. The van der Waals surface area contributed by atoms with Gasteiger partial charge in [-0.05, 0) is 97.2 Å². The quantitative estimate of drug-likeness (QED) is 0.169. The Balaban J connectivity index is 1.37. The van der Waals surface area contributed by atoms with Gasteiger partial charge >= 0.3 is 23.9 Å². The highest BCUT2D eigenvalue weighted by Crippen LogP contribution is 2.75. The van der Waals surface area contributed by atoms with Crippen LogP contribution in [0.4, 0.5) is 0 Å². The predicted molar refractivity (Wildman–Crippen MR) is 204 cm³/mol. The number of carbonyl (C=O) groups excluding carboxylic acids is 6. The fraction of sp³-hybridized carbons (Fsp3) is 0.818. The number of amides is 1. The molecule has 1 saturated heterocycles. The van der Waals surface area contributed by atoms with E-state index in [4.69, 9.17) is 23.7 Å². The summed E-state index contributed by atoms with van der Waals surface area (Å²) in [7, 11) is 0. The minimum atomic E-state index is -1.38. The summed E-state index contributed by atoms with van der Waals surface area (Å²) in [6.45, 7) is 20.7. The Morgan fingerprint density at radius 2 is 1.36 bits per heavy atom. The summed E-state index contributed by atoms with van der Waals surface area (Å²) >= 11 is 0. The van der Waals surface area contributed by atoms with Crippen molar-refractivity contribution in [2.45, 2.75) is 171 Å². The van der Waals surface area contributed by atoms with Crippen LogP contribution in [-0.4, -0.2) is 72.8 Å². The monoisotopic (exact) mass is 783 g/mol. The number of nitrogens with one attached hydrogen (secondary N) is 1. The third kappa shape index (κ3) is 6.91. The molecule has 0 aromatic carbocycles. The Kier molecular flexibility index (Phi) is 11.0. The molecule has 0 aromatic heterocycles. The highest BCUT2D eigenvalue weighted by molar-refractivity contribution is 5.86. The number of Topliss-reactive ketones (excluding diaryl/α,β-unsaturated/α-hetero) is 1. The molecule has 12 atom stereocenters. The van der Waals surface area contributed by atoms with Crippen LogP contribution in [0.25, 0.3) is 0 Å². The summed E-state index contributed by atoms with van der Waals surface area (Å²) in [6.07, 6.45) is 4.19. The van der Waals surface area contributed by atoms with Crippen LogP contribution >= 0.6 is 0 Å². The van der Waals surface area contributed by atoms with Crippen molar-refractivity contribution in [2.24, 2.45) is 50.2 Å². The van der Waals surface area contributed by atoms with Crippen LogP contribution in [0.15, 0.2) is 11.6 Å². The lowest BCUT2D eigenvalue weighted by molar-refractivity contribution is -0.258. The summed E-state index contributed by atoms with van der Waals surface area (Å²) in [6, 6.07) is 0. The molecular formula is C44H65NO11. The molecule has 6 rings (SSSR count). The third-order valence-corrected chi connectivity index (χ3v) is 16.1. The lowest BCUT2D eigenvalue weighted by Crippen LogP contribution is -2.68. The molecule has 1 amide bonds. The highest BCUT2D eigenvalue weighted by atomic mass is 16.7. The van der Waals surface area contributed by atoms with Crippen LogP contribution < -0.4 is 5.32 Å². The number of ketones is 1. The van der Waals surface area contributed by atoms with E-state index in [2.05, 4.69) is 59.9 Å². The van der Waals surface area contributed by atoms with E-state index in [0.717, 1.165) is 44.9 Å². The van der Waals surface area contributed by atoms with Crippen LogP contribution in [0.1, 0.15) is 140 Å². The van der Waals surface area contributed by atoms with Gasteiger partial charge in [0.25, 0.3) is 0 Å². The van der Waals surface area contributed by atoms with Crippen LogP contribution in [-0.2, 0) is 52.5 Å². The van der Waals surface area contributed by atoms with E-state index in [1.165, 1.54) is 33.3 Å². The molecule has 56 heavy (non-hydrogen) atoms. The summed E-state index contributed by atoms with van der Waals surface area (Å²) in [5.41, 5.74) is 0.0409. The molecule has 1 heterocycles. The lowest BCUT2D eigenvalue weighted by atomic mass is 9.33. The summed E-state index contributed by atoms with van der Waals surface area (Å²) in [4.78, 5) is 77.7. The zero-order valence-electron chi connectivity index (χ0n) is 35.5. The molecule has 5 fully saturated rings. The Bertz CT molecular complexity index is 1680. The van der Waals surface area contributed by atoms with Gasteiger partial charge in [-0.3, -0.25) is 28.8 Å². The third-order valence-electron chi connectivity index (χ3n) is 16.1. The van der Waals surface area contributed by atoms with Gasteiger partial charge in [0, 0.05) is 39.5 Å². The summed E-state index contributed by atoms with van der Waals surface area (Å²) < 4.78 is 28.6. The first-order chi connectivity index (χ1) is 25.9. The van der Waals surface area contributed by atoms with Crippen molar-refractivity contribution < 1.29 is 52.5 Å². The van der Waals surface area contributed by atoms with Crippen molar-refractivity contribution in [3.05, 3.63) is 11.6 Å². The molecule has 0 spiro atoms. The van der Waals surface area contributed by atoms with E-state index in [-0.39, 0.29) is 45.5 Å². The maximum Gasteiger partial charge on any atom is 0.303 e. The van der Waals surface area contributed by atoms with Crippen molar-refractivity contribution in [1.82, 2.24) is 5.32 Å². The zero-order chi connectivity index (χ0) is 41.4. The molecule has 6 aliphatic rings. The molecule has 0 radical (unpaired) electrons. The smallest absolute Gasteiger partial charge is 0.303 e. The average Bonchev–Trinajstić information content (AvgIpc) is 3.07. The van der Waals surface area contributed by atoms with Gasteiger partial charge in [-0.2, -0.15) is 0 Å². The molecule has 12 nitrogen and oxygen atoms in total. The Morgan fingerprint density at radius 3 is 1.98 bits per heavy atom. The van der Waals surface area contributed by atoms with Crippen molar-refractivity contribution in [2.75, 3.05) is 6.61 Å². The van der Waals surface area contributed by atoms with Crippen molar-refractivity contribution in [3.8, 4) is 0 Å². The Hall–Kier alpha value is -3.28. The van der Waals surface area contributed by atoms with Crippen LogP contribution in [0.5, 0.6) is 0 Å². The van der Waals surface area contributed by atoms with Gasteiger partial charge in [-0.25, -0.2) is 0 Å². The number of carbonyl (C=O) groups is 6. The van der Waals surface area contributed by atoms with Gasteiger partial charge in [0.15, 0.2) is 24.5 Å². The standard InChI is InChI=1S/C44H65NO11/c1-24(46)52-23-30-34(53-25(2)47)35(54-26(3)48)36(55-27(4)49)37(56-30)45-38(51)44-20-18-39(5,6)22-29(44)28-12-13-32-41(9)16-15-33(50)40(7,8)31(41)14-17-43(32,11)42(28,10)19-21-44/h12,29-32,34-37H,13-23H2,1-11H3,(H,45,51)/t29-,30-,31?,32+,34+,35+,36-,37-,41-,42+,43+,44-/m0/s1. The lowest BCUT2D eigenvalue weighted by Gasteiger charge is -2.70. The first-order valence-corrected chi connectivity index (χ1v) is 20.8. The summed E-state index contributed by atoms with van der Waals surface area (Å²) in [5.74, 6) is -1.96. The van der Waals surface area contributed by atoms with E-state index in [1.54, 1.807) is 0 Å². The molecule has 1 aliphatic heterocycles. The number of esters is 4. The van der Waals surface area contributed by atoms with E-state index < -0.39 is 59.9 Å². The zero-order valence-corrected chi connectivity index (χ0v) is 35.5. The number of allylic oxidation sites excluding steroid dienone is 2. The second-order valence-corrected chi connectivity index (χ2v) is 20.1. The fourth-order valence-electron chi connectivity index (χ4n) is 13.1. The van der Waals surface area contributed by atoms with Gasteiger partial charge in [0.2, 0.25) is 5.91 Å². The van der Waals surface area contributed by atoms with E-state index >= 15 is 4.79 Å². The Labute approximate surface area is 332 Å². The topological polar surface area (TPSA) is 161 Å². The molecule has 312 valence electrons. The van der Waals surface area contributed by atoms with Crippen molar-refractivity contribution in [1.29, 1.82) is 0 Å². The number of hydrogen-bond acceptors (Lipinski definition) is 11. The second-order valence-electron chi connectivity index (χ2n) is 20.1. The van der Waals surface area contributed by atoms with Crippen molar-refractivity contribution >= 4 is 35.6 Å². The van der Waals surface area contributed by atoms with Gasteiger partial charge < -0.3 is 29.0 Å². The van der Waals surface area contributed by atoms with E-state index in [1.807, 2.05) is 0 Å². The average molecular weight is 784 g/mol. The van der Waals surface area contributed by atoms with Gasteiger partial charge in [0.1, 0.15) is 18.5 Å². The van der Waals surface area contributed by atoms with Crippen LogP contribution in [0.2, 0.25) is 0 Å². The van der Waals surface area contributed by atoms with Crippen LogP contribution in [0.3, 0.4) is 0 Å². The predicted octanol–water partition coefficient (Wildman–Crippen LogP) is 6.56. The SMILES string of the molecule is CC(=O)OC[C@@H]1O[C@H](NC(=O)[C@]23CCC(C)(C)C[C@H]2C2=CC[C@@H]4[C@@]5(C)CCC(=O)C(C)(C)C5CC[C@@]4(C)[C@]2(C)CC3)[C@@H](OC(C)=O)[C@H](OC(C)=O)[C@@H]1OC(C)=O. The molecule has 4 saturated carbocycles. The first-order valence-electron chi connectivity index (χ1n) is 20.8. The van der Waals surface area contributed by atoms with E-state index in [9.17, 15) is 24.0 Å².